The normalized spacial score (nSPS) is 22.3. The molecule has 0 saturated heterocycles. The van der Waals surface area contributed by atoms with Crippen LogP contribution in [-0.4, -0.2) is 23.8 Å². The molecule has 0 amide bonds. The number of carbonyl (C=O) groups excluding carboxylic acids is 1. The van der Waals surface area contributed by atoms with Crippen molar-refractivity contribution in [3.8, 4) is 0 Å². The predicted molar refractivity (Wildman–Crippen MR) is 79.5 cm³/mol. The Kier molecular flexibility index (Phi) is 5.00. The molecule has 1 saturated carbocycles. The third kappa shape index (κ3) is 3.37. The van der Waals surface area contributed by atoms with Crippen molar-refractivity contribution in [2.75, 3.05) is 7.05 Å². The van der Waals surface area contributed by atoms with Crippen molar-refractivity contribution in [2.24, 2.45) is 0 Å². The van der Waals surface area contributed by atoms with E-state index >= 15 is 0 Å². The van der Waals surface area contributed by atoms with Gasteiger partial charge in [-0.25, -0.2) is 0 Å². The lowest BCUT2D eigenvalue weighted by Crippen LogP contribution is -2.39. The number of carbonyl (C=O) groups is 1. The topological polar surface area (TPSA) is 20.3 Å². The number of Topliss-reactive ketones (excluding diaryl/α,β-unsaturated/α-hetero) is 1. The van der Waals surface area contributed by atoms with Gasteiger partial charge in [0.25, 0.3) is 0 Å². The molecule has 0 spiro atoms. The maximum atomic E-state index is 12.2. The van der Waals surface area contributed by atoms with Crippen molar-refractivity contribution in [1.82, 2.24) is 4.90 Å². The Morgan fingerprint density at radius 3 is 2.74 bits per heavy atom. The van der Waals surface area contributed by atoms with E-state index < -0.39 is 0 Å². The van der Waals surface area contributed by atoms with Crippen LogP contribution >= 0.6 is 11.6 Å². The van der Waals surface area contributed by atoms with Gasteiger partial charge < -0.3 is 0 Å². The lowest BCUT2D eigenvalue weighted by atomic mass is 10.0. The fourth-order valence-electron chi connectivity index (χ4n) is 2.88. The molecule has 0 radical (unpaired) electrons. The fourth-order valence-corrected chi connectivity index (χ4v) is 3.17. The second-order valence-corrected chi connectivity index (χ2v) is 5.85. The molecule has 1 fully saturated rings. The first-order valence-electron chi connectivity index (χ1n) is 7.10. The lowest BCUT2D eigenvalue weighted by Gasteiger charge is -2.32. The SMILES string of the molecule is CC(c1ccccc1Cl)N(C)C1CCCCCC1=O. The molecule has 1 aromatic rings. The lowest BCUT2D eigenvalue weighted by molar-refractivity contribution is -0.124. The summed E-state index contributed by atoms with van der Waals surface area (Å²) in [7, 11) is 2.04. The fraction of sp³-hybridized carbons (Fsp3) is 0.562. The second kappa shape index (κ2) is 6.53. The van der Waals surface area contributed by atoms with Crippen LogP contribution in [-0.2, 0) is 4.79 Å². The number of ketones is 1. The summed E-state index contributed by atoms with van der Waals surface area (Å²) in [5.74, 6) is 0.388. The molecule has 1 aliphatic carbocycles. The van der Waals surface area contributed by atoms with Gasteiger partial charge in [0, 0.05) is 17.5 Å². The molecular weight excluding hydrogens is 258 g/mol. The van der Waals surface area contributed by atoms with E-state index in [1.54, 1.807) is 0 Å². The number of likely N-dealkylation sites (N-methyl/N-ethyl adjacent to an activating group) is 1. The summed E-state index contributed by atoms with van der Waals surface area (Å²) in [6.45, 7) is 2.12. The van der Waals surface area contributed by atoms with E-state index in [0.717, 1.165) is 36.3 Å². The Hall–Kier alpha value is -0.860. The molecule has 1 aromatic carbocycles. The van der Waals surface area contributed by atoms with Gasteiger partial charge in [0.05, 0.1) is 6.04 Å². The van der Waals surface area contributed by atoms with Crippen LogP contribution in [0.1, 0.15) is 50.6 Å². The summed E-state index contributed by atoms with van der Waals surface area (Å²) in [6.07, 6.45) is 5.07. The third-order valence-corrected chi connectivity index (χ3v) is 4.57. The van der Waals surface area contributed by atoms with Crippen LogP contribution in [0.4, 0.5) is 0 Å². The van der Waals surface area contributed by atoms with Gasteiger partial charge in [0.2, 0.25) is 0 Å². The first-order chi connectivity index (χ1) is 9.11. The van der Waals surface area contributed by atoms with Gasteiger partial charge in [-0.15, -0.1) is 0 Å². The summed E-state index contributed by atoms with van der Waals surface area (Å²) in [5, 5.41) is 0.780. The quantitative estimate of drug-likeness (QED) is 0.772. The molecule has 19 heavy (non-hydrogen) atoms. The smallest absolute Gasteiger partial charge is 0.149 e. The van der Waals surface area contributed by atoms with Crippen LogP contribution in [0.25, 0.3) is 0 Å². The minimum atomic E-state index is 0.0498. The zero-order valence-corrected chi connectivity index (χ0v) is 12.5. The van der Waals surface area contributed by atoms with Gasteiger partial charge >= 0.3 is 0 Å². The Morgan fingerprint density at radius 1 is 1.26 bits per heavy atom. The average molecular weight is 280 g/mol. The van der Waals surface area contributed by atoms with Gasteiger partial charge in [-0.1, -0.05) is 42.6 Å². The minimum absolute atomic E-state index is 0.0498. The van der Waals surface area contributed by atoms with Crippen molar-refractivity contribution < 1.29 is 4.79 Å². The Balaban J connectivity index is 2.16. The predicted octanol–water partition coefficient (Wildman–Crippen LogP) is 4.23. The van der Waals surface area contributed by atoms with Crippen molar-refractivity contribution in [1.29, 1.82) is 0 Å². The van der Waals surface area contributed by atoms with Crippen LogP contribution in [0, 0.1) is 0 Å². The zero-order valence-electron chi connectivity index (χ0n) is 11.7. The maximum Gasteiger partial charge on any atom is 0.149 e. The summed E-state index contributed by atoms with van der Waals surface area (Å²) in [6, 6.07) is 8.12. The molecule has 0 bridgehead atoms. The number of benzene rings is 1. The van der Waals surface area contributed by atoms with Crippen LogP contribution in [0.3, 0.4) is 0 Å². The summed E-state index contributed by atoms with van der Waals surface area (Å²) >= 11 is 6.26. The molecule has 3 heteroatoms. The molecule has 2 rings (SSSR count). The number of rotatable bonds is 3. The van der Waals surface area contributed by atoms with E-state index in [1.807, 2.05) is 31.3 Å². The minimum Gasteiger partial charge on any atom is -0.298 e. The van der Waals surface area contributed by atoms with Gasteiger partial charge in [-0.3, -0.25) is 9.69 Å². The summed E-state index contributed by atoms with van der Waals surface area (Å²) in [5.41, 5.74) is 1.10. The van der Waals surface area contributed by atoms with E-state index in [-0.39, 0.29) is 12.1 Å². The van der Waals surface area contributed by atoms with E-state index in [2.05, 4.69) is 11.8 Å². The Morgan fingerprint density at radius 2 is 2.00 bits per heavy atom. The zero-order chi connectivity index (χ0) is 13.8. The third-order valence-electron chi connectivity index (χ3n) is 4.23. The standard InChI is InChI=1S/C16H22ClNO/c1-12(13-8-6-7-9-14(13)17)18(2)15-10-4-3-5-11-16(15)19/h6-9,12,15H,3-5,10-11H2,1-2H3. The molecular formula is C16H22ClNO. The molecule has 1 aliphatic rings. The van der Waals surface area contributed by atoms with Crippen molar-refractivity contribution >= 4 is 17.4 Å². The first-order valence-corrected chi connectivity index (χ1v) is 7.48. The average Bonchev–Trinajstić information content (AvgIpc) is 2.62. The first kappa shape index (κ1) is 14.5. The molecule has 0 aromatic heterocycles. The molecule has 2 unspecified atom stereocenters. The van der Waals surface area contributed by atoms with Gasteiger partial charge in [-0.2, -0.15) is 0 Å². The van der Waals surface area contributed by atoms with E-state index in [4.69, 9.17) is 11.6 Å². The highest BCUT2D eigenvalue weighted by Gasteiger charge is 2.28. The summed E-state index contributed by atoms with van der Waals surface area (Å²) < 4.78 is 0. The highest BCUT2D eigenvalue weighted by atomic mass is 35.5. The Labute approximate surface area is 120 Å². The molecule has 2 atom stereocenters. The van der Waals surface area contributed by atoms with Crippen LogP contribution < -0.4 is 0 Å². The Bertz CT molecular complexity index is 446. The van der Waals surface area contributed by atoms with Crippen LogP contribution in [0.15, 0.2) is 24.3 Å². The highest BCUT2D eigenvalue weighted by molar-refractivity contribution is 6.31. The summed E-state index contributed by atoms with van der Waals surface area (Å²) in [4.78, 5) is 14.4. The van der Waals surface area contributed by atoms with Crippen molar-refractivity contribution in [2.45, 2.75) is 51.1 Å². The molecule has 104 valence electrons. The maximum absolute atomic E-state index is 12.2. The number of nitrogens with zero attached hydrogens (tertiary/aromatic N) is 1. The molecule has 2 nitrogen and oxygen atoms in total. The van der Waals surface area contributed by atoms with Crippen molar-refractivity contribution in [3.63, 3.8) is 0 Å². The number of halogens is 1. The number of hydrogen-bond donors (Lipinski definition) is 0. The monoisotopic (exact) mass is 279 g/mol. The van der Waals surface area contributed by atoms with Crippen LogP contribution in [0.2, 0.25) is 5.02 Å². The molecule has 0 aliphatic heterocycles. The van der Waals surface area contributed by atoms with E-state index in [0.29, 0.717) is 5.78 Å². The highest BCUT2D eigenvalue weighted by Crippen LogP contribution is 2.30. The van der Waals surface area contributed by atoms with Crippen molar-refractivity contribution in [3.05, 3.63) is 34.9 Å². The van der Waals surface area contributed by atoms with Gasteiger partial charge in [0.15, 0.2) is 0 Å². The van der Waals surface area contributed by atoms with E-state index in [1.165, 1.54) is 6.42 Å². The molecule has 0 heterocycles. The van der Waals surface area contributed by atoms with Gasteiger partial charge in [0.1, 0.15) is 5.78 Å². The van der Waals surface area contributed by atoms with Crippen LogP contribution in [0.5, 0.6) is 0 Å². The second-order valence-electron chi connectivity index (χ2n) is 5.44. The number of hydrogen-bond acceptors (Lipinski definition) is 2. The van der Waals surface area contributed by atoms with E-state index in [9.17, 15) is 4.79 Å². The van der Waals surface area contributed by atoms with Gasteiger partial charge in [-0.05, 0) is 38.4 Å². The largest absolute Gasteiger partial charge is 0.298 e. The molecule has 0 N–H and O–H groups in total.